The molecule has 5 nitrogen and oxygen atoms in total. The monoisotopic (exact) mass is 294 g/mol. The molecular weight excluding hydrogens is 275 g/mol. The zero-order valence-corrected chi connectivity index (χ0v) is 11.6. The molecule has 0 heterocycles. The molecule has 1 saturated carbocycles. The lowest BCUT2D eigenvalue weighted by Gasteiger charge is -2.28. The van der Waals surface area contributed by atoms with Crippen LogP contribution in [0.1, 0.15) is 32.1 Å². The Hall–Kier alpha value is -2.11. The number of rotatable bonds is 4. The molecule has 0 unspecified atom stereocenters. The first-order valence-corrected chi connectivity index (χ1v) is 7.08. The van der Waals surface area contributed by atoms with Gasteiger partial charge < -0.3 is 15.7 Å². The molecule has 0 spiro atoms. The fraction of sp³-hybridized carbons (Fsp3) is 0.467. The van der Waals surface area contributed by atoms with E-state index in [1.165, 1.54) is 18.2 Å². The Kier molecular flexibility index (Phi) is 5.14. The average Bonchev–Trinajstić information content (AvgIpc) is 2.40. The number of nitrogens with one attached hydrogen (secondary N) is 2. The van der Waals surface area contributed by atoms with Gasteiger partial charge in [-0.15, -0.1) is 0 Å². The fourth-order valence-corrected chi connectivity index (χ4v) is 2.68. The number of anilines is 1. The maximum Gasteiger partial charge on any atom is 0.319 e. The first-order valence-electron chi connectivity index (χ1n) is 7.08. The number of amides is 2. The van der Waals surface area contributed by atoms with Gasteiger partial charge in [0.2, 0.25) is 0 Å². The van der Waals surface area contributed by atoms with E-state index >= 15 is 0 Å². The number of carbonyl (C=O) groups excluding carboxylic acids is 1. The third-order valence-corrected chi connectivity index (χ3v) is 3.73. The SMILES string of the molecule is O=C(O)CC1CCC(NC(=O)Nc2cccc(F)c2)CC1. The van der Waals surface area contributed by atoms with E-state index in [0.717, 1.165) is 25.7 Å². The number of hydrogen-bond donors (Lipinski definition) is 3. The van der Waals surface area contributed by atoms with Crippen molar-refractivity contribution in [2.24, 2.45) is 5.92 Å². The van der Waals surface area contributed by atoms with Crippen LogP contribution >= 0.6 is 0 Å². The van der Waals surface area contributed by atoms with E-state index in [4.69, 9.17) is 5.11 Å². The van der Waals surface area contributed by atoms with E-state index in [1.54, 1.807) is 6.07 Å². The Morgan fingerprint density at radius 3 is 2.57 bits per heavy atom. The van der Waals surface area contributed by atoms with Crippen molar-refractivity contribution in [1.82, 2.24) is 5.32 Å². The zero-order valence-electron chi connectivity index (χ0n) is 11.6. The van der Waals surface area contributed by atoms with Crippen molar-refractivity contribution in [3.8, 4) is 0 Å². The predicted octanol–water partition coefficient (Wildman–Crippen LogP) is 2.98. The minimum atomic E-state index is -0.768. The number of hydrogen-bond acceptors (Lipinski definition) is 2. The van der Waals surface area contributed by atoms with Gasteiger partial charge in [0.25, 0.3) is 0 Å². The second-order valence-electron chi connectivity index (χ2n) is 5.42. The van der Waals surface area contributed by atoms with Crippen LogP contribution in [0.4, 0.5) is 14.9 Å². The largest absolute Gasteiger partial charge is 0.481 e. The van der Waals surface area contributed by atoms with Gasteiger partial charge >= 0.3 is 12.0 Å². The summed E-state index contributed by atoms with van der Waals surface area (Å²) in [5.74, 6) is -0.968. The van der Waals surface area contributed by atoms with Gasteiger partial charge in [-0.05, 0) is 49.8 Å². The van der Waals surface area contributed by atoms with E-state index in [9.17, 15) is 14.0 Å². The zero-order chi connectivity index (χ0) is 15.2. The summed E-state index contributed by atoms with van der Waals surface area (Å²) in [5, 5.41) is 14.2. The normalized spacial score (nSPS) is 21.6. The number of aliphatic carboxylic acids is 1. The van der Waals surface area contributed by atoms with Gasteiger partial charge in [-0.2, -0.15) is 0 Å². The number of carboxylic acid groups (broad SMARTS) is 1. The molecule has 6 heteroatoms. The lowest BCUT2D eigenvalue weighted by atomic mass is 9.84. The van der Waals surface area contributed by atoms with Gasteiger partial charge in [0.1, 0.15) is 5.82 Å². The van der Waals surface area contributed by atoms with Gasteiger partial charge in [-0.25, -0.2) is 9.18 Å². The molecule has 1 aliphatic rings. The highest BCUT2D eigenvalue weighted by molar-refractivity contribution is 5.89. The van der Waals surface area contributed by atoms with E-state index in [0.29, 0.717) is 5.69 Å². The molecule has 0 atom stereocenters. The van der Waals surface area contributed by atoms with Gasteiger partial charge in [0, 0.05) is 18.2 Å². The summed E-state index contributed by atoms with van der Waals surface area (Å²) >= 11 is 0. The molecule has 1 aromatic rings. The highest BCUT2D eigenvalue weighted by Gasteiger charge is 2.23. The van der Waals surface area contributed by atoms with Crippen molar-refractivity contribution in [3.05, 3.63) is 30.1 Å². The van der Waals surface area contributed by atoms with E-state index < -0.39 is 11.8 Å². The van der Waals surface area contributed by atoms with Crippen molar-refractivity contribution >= 4 is 17.7 Å². The van der Waals surface area contributed by atoms with Crippen molar-refractivity contribution in [2.75, 3.05) is 5.32 Å². The Balaban J connectivity index is 1.75. The second kappa shape index (κ2) is 7.06. The van der Waals surface area contributed by atoms with E-state index in [1.807, 2.05) is 0 Å². The summed E-state index contributed by atoms with van der Waals surface area (Å²) in [6.45, 7) is 0. The number of halogens is 1. The Bertz CT molecular complexity index is 513. The lowest BCUT2D eigenvalue weighted by Crippen LogP contribution is -2.40. The molecule has 2 amide bonds. The average molecular weight is 294 g/mol. The van der Waals surface area contributed by atoms with Gasteiger partial charge in [0.05, 0.1) is 0 Å². The summed E-state index contributed by atoms with van der Waals surface area (Å²) in [4.78, 5) is 22.5. The highest BCUT2D eigenvalue weighted by atomic mass is 19.1. The topological polar surface area (TPSA) is 78.4 Å². The molecule has 0 aromatic heterocycles. The minimum Gasteiger partial charge on any atom is -0.481 e. The van der Waals surface area contributed by atoms with Crippen LogP contribution in [0, 0.1) is 11.7 Å². The number of carbonyl (C=O) groups is 2. The van der Waals surface area contributed by atoms with Crippen molar-refractivity contribution < 1.29 is 19.1 Å². The predicted molar refractivity (Wildman–Crippen MR) is 76.6 cm³/mol. The molecule has 0 saturated heterocycles. The summed E-state index contributed by atoms with van der Waals surface area (Å²) in [6.07, 6.45) is 3.35. The molecular formula is C15H19FN2O3. The molecule has 0 bridgehead atoms. The second-order valence-corrected chi connectivity index (χ2v) is 5.42. The van der Waals surface area contributed by atoms with E-state index in [-0.39, 0.29) is 24.4 Å². The summed E-state index contributed by atoms with van der Waals surface area (Å²) in [5.41, 5.74) is 0.409. The third-order valence-electron chi connectivity index (χ3n) is 3.73. The standard InChI is InChI=1S/C15H19FN2O3/c16-11-2-1-3-13(9-11)18-15(21)17-12-6-4-10(5-7-12)8-14(19)20/h1-3,9-10,12H,4-8H2,(H,19,20)(H2,17,18,21). The van der Waals surface area contributed by atoms with Crippen LogP contribution in [0.3, 0.4) is 0 Å². The highest BCUT2D eigenvalue weighted by Crippen LogP contribution is 2.26. The van der Waals surface area contributed by atoms with Gasteiger partial charge in [-0.1, -0.05) is 6.07 Å². The van der Waals surface area contributed by atoms with Crippen LogP contribution in [0.5, 0.6) is 0 Å². The quantitative estimate of drug-likeness (QED) is 0.798. The first kappa shape index (κ1) is 15.3. The maximum atomic E-state index is 13.0. The summed E-state index contributed by atoms with van der Waals surface area (Å²) in [6, 6.07) is 5.40. The number of urea groups is 1. The van der Waals surface area contributed by atoms with Crippen molar-refractivity contribution in [1.29, 1.82) is 0 Å². The van der Waals surface area contributed by atoms with Crippen LogP contribution in [0.2, 0.25) is 0 Å². The van der Waals surface area contributed by atoms with Crippen LogP contribution in [-0.2, 0) is 4.79 Å². The van der Waals surface area contributed by atoms with Crippen molar-refractivity contribution in [2.45, 2.75) is 38.1 Å². The van der Waals surface area contributed by atoms with Crippen LogP contribution < -0.4 is 10.6 Å². The Morgan fingerprint density at radius 2 is 1.95 bits per heavy atom. The van der Waals surface area contributed by atoms with Crippen LogP contribution in [-0.4, -0.2) is 23.1 Å². The molecule has 1 aromatic carbocycles. The van der Waals surface area contributed by atoms with E-state index in [2.05, 4.69) is 10.6 Å². The fourth-order valence-electron chi connectivity index (χ4n) is 2.68. The lowest BCUT2D eigenvalue weighted by molar-refractivity contribution is -0.138. The minimum absolute atomic E-state index is 0.0450. The Labute approximate surface area is 122 Å². The van der Waals surface area contributed by atoms with Gasteiger partial charge in [-0.3, -0.25) is 4.79 Å². The van der Waals surface area contributed by atoms with Crippen molar-refractivity contribution in [3.63, 3.8) is 0 Å². The van der Waals surface area contributed by atoms with Gasteiger partial charge in [0.15, 0.2) is 0 Å². The molecule has 0 radical (unpaired) electrons. The first-order chi connectivity index (χ1) is 10.0. The third kappa shape index (κ3) is 5.06. The molecule has 3 N–H and O–H groups in total. The summed E-state index contributed by atoms with van der Waals surface area (Å²) < 4.78 is 13.0. The molecule has 0 aliphatic heterocycles. The maximum absolute atomic E-state index is 13.0. The molecule has 1 fully saturated rings. The smallest absolute Gasteiger partial charge is 0.319 e. The molecule has 1 aliphatic carbocycles. The number of benzene rings is 1. The summed E-state index contributed by atoms with van der Waals surface area (Å²) in [7, 11) is 0. The van der Waals surface area contributed by atoms with Crippen LogP contribution in [0.25, 0.3) is 0 Å². The Morgan fingerprint density at radius 1 is 1.24 bits per heavy atom. The molecule has 2 rings (SSSR count). The molecule has 114 valence electrons. The van der Waals surface area contributed by atoms with Crippen LogP contribution in [0.15, 0.2) is 24.3 Å². The number of carboxylic acids is 1. The molecule has 21 heavy (non-hydrogen) atoms.